The monoisotopic (exact) mass is 368 g/mol. The minimum atomic E-state index is -0.265. The van der Waals surface area contributed by atoms with Crippen molar-refractivity contribution < 1.29 is 23.8 Å². The number of nitrogens with zero attached hydrogens (tertiary/aromatic N) is 1. The molecule has 140 valence electrons. The maximum atomic E-state index is 12.5. The smallest absolute Gasteiger partial charge is 0.265 e. The van der Waals surface area contributed by atoms with Crippen LogP contribution in [-0.2, 0) is 4.79 Å². The molecule has 0 aliphatic carbocycles. The van der Waals surface area contributed by atoms with E-state index in [9.17, 15) is 9.59 Å². The third-order valence-electron chi connectivity index (χ3n) is 4.34. The fourth-order valence-electron chi connectivity index (χ4n) is 3.09. The summed E-state index contributed by atoms with van der Waals surface area (Å²) in [6.07, 6.45) is 0. The predicted molar refractivity (Wildman–Crippen MR) is 99.6 cm³/mol. The Morgan fingerprint density at radius 3 is 2.70 bits per heavy atom. The first-order valence-electron chi connectivity index (χ1n) is 8.79. The number of carbonyl (C=O) groups is 2. The van der Waals surface area contributed by atoms with Gasteiger partial charge in [0, 0.05) is 23.9 Å². The fourth-order valence-corrected chi connectivity index (χ4v) is 3.09. The summed E-state index contributed by atoms with van der Waals surface area (Å²) in [5, 5.41) is 2.85. The molecule has 0 aromatic heterocycles. The van der Waals surface area contributed by atoms with Crippen molar-refractivity contribution >= 4 is 23.2 Å². The second kappa shape index (κ2) is 6.83. The summed E-state index contributed by atoms with van der Waals surface area (Å²) in [6.45, 7) is 4.90. The predicted octanol–water partition coefficient (Wildman–Crippen LogP) is 3.05. The highest BCUT2D eigenvalue weighted by molar-refractivity contribution is 6.05. The third-order valence-corrected chi connectivity index (χ3v) is 4.34. The molecule has 0 spiro atoms. The van der Waals surface area contributed by atoms with Crippen molar-refractivity contribution in [3.8, 4) is 17.2 Å². The SMILES string of the molecule is CC(C)CN1C(=O)COc2cc(NC(=O)c3ccc4c(c3)OCO4)ccc21. The summed E-state index contributed by atoms with van der Waals surface area (Å²) < 4.78 is 16.1. The van der Waals surface area contributed by atoms with Crippen LogP contribution in [0.4, 0.5) is 11.4 Å². The summed E-state index contributed by atoms with van der Waals surface area (Å²) >= 11 is 0. The molecule has 0 unspecified atom stereocenters. The number of benzene rings is 2. The molecule has 4 rings (SSSR count). The van der Waals surface area contributed by atoms with E-state index in [0.717, 1.165) is 5.69 Å². The maximum Gasteiger partial charge on any atom is 0.265 e. The lowest BCUT2D eigenvalue weighted by Crippen LogP contribution is -2.40. The lowest BCUT2D eigenvalue weighted by atomic mass is 10.1. The van der Waals surface area contributed by atoms with Crippen molar-refractivity contribution in [2.45, 2.75) is 13.8 Å². The van der Waals surface area contributed by atoms with Crippen LogP contribution in [0.1, 0.15) is 24.2 Å². The molecule has 0 bridgehead atoms. The molecular formula is C20H20N2O5. The quantitative estimate of drug-likeness (QED) is 0.898. The first kappa shape index (κ1) is 17.2. The van der Waals surface area contributed by atoms with E-state index >= 15 is 0 Å². The fraction of sp³-hybridized carbons (Fsp3) is 0.300. The van der Waals surface area contributed by atoms with Crippen LogP contribution in [0, 0.1) is 5.92 Å². The molecule has 2 aliphatic rings. The van der Waals surface area contributed by atoms with Gasteiger partial charge in [0.1, 0.15) is 5.75 Å². The Morgan fingerprint density at radius 2 is 1.89 bits per heavy atom. The van der Waals surface area contributed by atoms with E-state index in [-0.39, 0.29) is 25.2 Å². The molecule has 0 fully saturated rings. The number of carbonyl (C=O) groups excluding carboxylic acids is 2. The second-order valence-corrected chi connectivity index (χ2v) is 6.89. The van der Waals surface area contributed by atoms with Gasteiger partial charge >= 0.3 is 0 Å². The average Bonchev–Trinajstić information content (AvgIpc) is 3.11. The number of ether oxygens (including phenoxy) is 3. The highest BCUT2D eigenvalue weighted by atomic mass is 16.7. The van der Waals surface area contributed by atoms with Crippen LogP contribution in [0.25, 0.3) is 0 Å². The molecule has 2 aromatic rings. The zero-order chi connectivity index (χ0) is 19.0. The number of hydrogen-bond donors (Lipinski definition) is 1. The van der Waals surface area contributed by atoms with Gasteiger partial charge in [-0.2, -0.15) is 0 Å². The molecule has 1 N–H and O–H groups in total. The van der Waals surface area contributed by atoms with Gasteiger partial charge in [0.2, 0.25) is 6.79 Å². The Bertz CT molecular complexity index is 909. The van der Waals surface area contributed by atoms with Crippen LogP contribution in [0.5, 0.6) is 17.2 Å². The summed E-state index contributed by atoms with van der Waals surface area (Å²) in [7, 11) is 0. The van der Waals surface area contributed by atoms with Crippen molar-refractivity contribution in [1.29, 1.82) is 0 Å². The zero-order valence-corrected chi connectivity index (χ0v) is 15.2. The van der Waals surface area contributed by atoms with Gasteiger partial charge < -0.3 is 24.4 Å². The summed E-state index contributed by atoms with van der Waals surface area (Å²) in [6, 6.07) is 10.3. The molecule has 0 radical (unpaired) electrons. The van der Waals surface area contributed by atoms with Crippen LogP contribution in [0.3, 0.4) is 0 Å². The molecule has 2 aromatic carbocycles. The summed E-state index contributed by atoms with van der Waals surface area (Å²) in [4.78, 5) is 26.4. The van der Waals surface area contributed by atoms with Gasteiger partial charge in [-0.25, -0.2) is 0 Å². The molecule has 2 heterocycles. The molecule has 0 saturated carbocycles. The van der Waals surface area contributed by atoms with Crippen LogP contribution in [-0.4, -0.2) is 31.8 Å². The molecule has 7 nitrogen and oxygen atoms in total. The van der Waals surface area contributed by atoms with E-state index in [2.05, 4.69) is 19.2 Å². The topological polar surface area (TPSA) is 77.1 Å². The van der Waals surface area contributed by atoms with Gasteiger partial charge in [0.25, 0.3) is 11.8 Å². The zero-order valence-electron chi connectivity index (χ0n) is 15.2. The van der Waals surface area contributed by atoms with E-state index in [1.807, 2.05) is 0 Å². The number of amides is 2. The highest BCUT2D eigenvalue weighted by Gasteiger charge is 2.26. The summed E-state index contributed by atoms with van der Waals surface area (Å²) in [5.41, 5.74) is 1.78. The van der Waals surface area contributed by atoms with Crippen LogP contribution in [0.2, 0.25) is 0 Å². The molecule has 27 heavy (non-hydrogen) atoms. The van der Waals surface area contributed by atoms with Crippen LogP contribution in [0.15, 0.2) is 36.4 Å². The molecule has 2 aliphatic heterocycles. The highest BCUT2D eigenvalue weighted by Crippen LogP contribution is 2.36. The van der Waals surface area contributed by atoms with Gasteiger partial charge in [0.05, 0.1) is 5.69 Å². The molecular weight excluding hydrogens is 348 g/mol. The van der Waals surface area contributed by atoms with Crippen molar-refractivity contribution in [2.24, 2.45) is 5.92 Å². The van der Waals surface area contributed by atoms with Crippen molar-refractivity contribution in [2.75, 3.05) is 30.2 Å². The Labute approximate surface area is 156 Å². The first-order valence-corrected chi connectivity index (χ1v) is 8.79. The maximum absolute atomic E-state index is 12.5. The van der Waals surface area contributed by atoms with E-state index in [4.69, 9.17) is 14.2 Å². The van der Waals surface area contributed by atoms with Crippen molar-refractivity contribution in [1.82, 2.24) is 0 Å². The lowest BCUT2D eigenvalue weighted by Gasteiger charge is -2.31. The standard InChI is InChI=1S/C20H20N2O5/c1-12(2)9-22-15-5-4-14(8-17(15)25-10-19(22)23)21-20(24)13-3-6-16-18(7-13)27-11-26-16/h3-8,12H,9-11H2,1-2H3,(H,21,24). The number of hydrogen-bond acceptors (Lipinski definition) is 5. The third kappa shape index (κ3) is 3.40. The minimum Gasteiger partial charge on any atom is -0.481 e. The number of fused-ring (bicyclic) bond motifs is 2. The van der Waals surface area contributed by atoms with E-state index < -0.39 is 0 Å². The Morgan fingerprint density at radius 1 is 1.07 bits per heavy atom. The van der Waals surface area contributed by atoms with Gasteiger partial charge in [0.15, 0.2) is 18.1 Å². The number of rotatable bonds is 4. The molecule has 0 atom stereocenters. The normalized spacial score (nSPS) is 14.8. The number of nitrogens with one attached hydrogen (secondary N) is 1. The molecule has 7 heteroatoms. The van der Waals surface area contributed by atoms with E-state index in [1.54, 1.807) is 41.3 Å². The van der Waals surface area contributed by atoms with Gasteiger partial charge in [-0.15, -0.1) is 0 Å². The van der Waals surface area contributed by atoms with Crippen molar-refractivity contribution in [3.05, 3.63) is 42.0 Å². The van der Waals surface area contributed by atoms with Crippen molar-refractivity contribution in [3.63, 3.8) is 0 Å². The number of anilines is 2. The van der Waals surface area contributed by atoms with Gasteiger partial charge in [-0.05, 0) is 36.2 Å². The van der Waals surface area contributed by atoms with Gasteiger partial charge in [-0.3, -0.25) is 9.59 Å². The Kier molecular flexibility index (Phi) is 4.35. The largest absolute Gasteiger partial charge is 0.481 e. The molecule has 2 amide bonds. The summed E-state index contributed by atoms with van der Waals surface area (Å²) in [5.74, 6) is 1.78. The van der Waals surface area contributed by atoms with Crippen LogP contribution < -0.4 is 24.4 Å². The Balaban J connectivity index is 1.54. The second-order valence-electron chi connectivity index (χ2n) is 6.89. The van der Waals surface area contributed by atoms with E-state index in [1.165, 1.54) is 0 Å². The average molecular weight is 368 g/mol. The lowest BCUT2D eigenvalue weighted by molar-refractivity contribution is -0.121. The van der Waals surface area contributed by atoms with E-state index in [0.29, 0.717) is 41.0 Å². The van der Waals surface area contributed by atoms with Gasteiger partial charge in [-0.1, -0.05) is 13.8 Å². The van der Waals surface area contributed by atoms with Crippen LogP contribution >= 0.6 is 0 Å². The Hall–Kier alpha value is -3.22. The minimum absolute atomic E-state index is 0.000714. The first-order chi connectivity index (χ1) is 13.0. The molecule has 0 saturated heterocycles.